The molecule has 0 aromatic heterocycles. The van der Waals surface area contributed by atoms with Crippen molar-refractivity contribution >= 4 is 0 Å². The fourth-order valence-electron chi connectivity index (χ4n) is 5.05. The summed E-state index contributed by atoms with van der Waals surface area (Å²) in [4.78, 5) is 0. The first-order valence-corrected chi connectivity index (χ1v) is 11.7. The molecular weight excluding hydrogens is 396 g/mol. The molecule has 0 aliphatic carbocycles. The lowest BCUT2D eigenvalue weighted by Crippen LogP contribution is -2.28. The second-order valence-corrected chi connectivity index (χ2v) is 9.39. The van der Waals surface area contributed by atoms with Crippen molar-refractivity contribution in [3.8, 4) is 11.1 Å². The van der Waals surface area contributed by atoms with Crippen LogP contribution in [-0.4, -0.2) is 0 Å². The van der Waals surface area contributed by atoms with Crippen molar-refractivity contribution in [3.63, 3.8) is 0 Å². The van der Waals surface area contributed by atoms with Crippen molar-refractivity contribution in [1.82, 2.24) is 0 Å². The van der Waals surface area contributed by atoms with Crippen LogP contribution in [0.4, 0.5) is 0 Å². The Balaban J connectivity index is 2.16. The van der Waals surface area contributed by atoms with Crippen LogP contribution in [0.25, 0.3) is 11.1 Å². The lowest BCUT2D eigenvalue weighted by molar-refractivity contribution is 0.776. The van der Waals surface area contributed by atoms with Crippen LogP contribution in [-0.2, 0) is 5.41 Å². The Kier molecular flexibility index (Phi) is 6.13. The Morgan fingerprint density at radius 2 is 1.00 bits per heavy atom. The molecule has 0 heterocycles. The van der Waals surface area contributed by atoms with E-state index in [1.54, 1.807) is 0 Å². The minimum atomic E-state index is -0.473. The fourth-order valence-corrected chi connectivity index (χ4v) is 5.05. The van der Waals surface area contributed by atoms with E-state index in [1.165, 1.54) is 61.2 Å². The molecule has 0 radical (unpaired) electrons. The molecular formula is C33H34. The molecule has 0 atom stereocenters. The largest absolute Gasteiger partial charge is 0.102 e. The molecule has 0 aliphatic heterocycles. The molecule has 0 N–H and O–H groups in total. The average molecular weight is 431 g/mol. The summed E-state index contributed by atoms with van der Waals surface area (Å²) in [6.45, 7) is 17.7. The summed E-state index contributed by atoms with van der Waals surface area (Å²) in [7, 11) is 0. The van der Waals surface area contributed by atoms with Gasteiger partial charge in [0.05, 0.1) is 5.41 Å². The zero-order chi connectivity index (χ0) is 23.8. The van der Waals surface area contributed by atoms with E-state index in [2.05, 4.69) is 133 Å². The fraction of sp³-hybridized carbons (Fsp3) is 0.212. The van der Waals surface area contributed by atoms with Gasteiger partial charge in [-0.25, -0.2) is 0 Å². The van der Waals surface area contributed by atoms with E-state index in [-0.39, 0.29) is 0 Å². The van der Waals surface area contributed by atoms with Crippen LogP contribution in [0.15, 0.2) is 91.5 Å². The van der Waals surface area contributed by atoms with Gasteiger partial charge in [0.15, 0.2) is 0 Å². The second kappa shape index (κ2) is 8.87. The molecule has 0 nitrogen and oxygen atoms in total. The van der Waals surface area contributed by atoms with Crippen LogP contribution < -0.4 is 0 Å². The maximum absolute atomic E-state index is 4.46. The van der Waals surface area contributed by atoms with E-state index in [0.717, 1.165) is 0 Å². The van der Waals surface area contributed by atoms with Crippen molar-refractivity contribution in [3.05, 3.63) is 142 Å². The zero-order valence-electron chi connectivity index (χ0n) is 20.8. The monoisotopic (exact) mass is 430 g/mol. The van der Waals surface area contributed by atoms with Gasteiger partial charge >= 0.3 is 0 Å². The van der Waals surface area contributed by atoms with Crippen LogP contribution in [0.3, 0.4) is 0 Å². The Morgan fingerprint density at radius 1 is 0.576 bits per heavy atom. The minimum absolute atomic E-state index is 0.473. The van der Waals surface area contributed by atoms with Gasteiger partial charge in [-0.05, 0) is 103 Å². The Hall–Kier alpha value is -3.38. The summed E-state index contributed by atoms with van der Waals surface area (Å²) in [5, 5.41) is 0. The highest BCUT2D eigenvalue weighted by atomic mass is 14.4. The van der Waals surface area contributed by atoms with Crippen LogP contribution in [0, 0.1) is 41.5 Å². The third kappa shape index (κ3) is 3.85. The van der Waals surface area contributed by atoms with Gasteiger partial charge in [-0.3, -0.25) is 0 Å². The standard InChI is InChI=1S/C33H34/c1-8-33(29-18-22(2)26(6)23(3)19-29,30-20-24(4)27(7)25(5)21-30)32-17-13-12-16-31(32)28-14-10-9-11-15-28/h8-21H,1H2,2-7H3. The molecule has 4 aromatic carbocycles. The third-order valence-corrected chi connectivity index (χ3v) is 7.51. The van der Waals surface area contributed by atoms with Crippen LogP contribution >= 0.6 is 0 Å². The number of allylic oxidation sites excluding steroid dienone is 1. The first-order valence-electron chi connectivity index (χ1n) is 11.7. The molecule has 0 amide bonds. The molecule has 0 fully saturated rings. The highest BCUT2D eigenvalue weighted by molar-refractivity contribution is 5.74. The van der Waals surface area contributed by atoms with E-state index in [9.17, 15) is 0 Å². The summed E-state index contributed by atoms with van der Waals surface area (Å²) < 4.78 is 0. The quantitative estimate of drug-likeness (QED) is 0.219. The number of aryl methyl sites for hydroxylation is 4. The summed E-state index contributed by atoms with van der Waals surface area (Å²) in [6, 6.07) is 28.9. The summed E-state index contributed by atoms with van der Waals surface area (Å²) in [5.74, 6) is 0. The summed E-state index contributed by atoms with van der Waals surface area (Å²) in [5.41, 5.74) is 13.7. The number of benzene rings is 4. The van der Waals surface area contributed by atoms with Gasteiger partial charge in [0.2, 0.25) is 0 Å². The number of hydrogen-bond acceptors (Lipinski definition) is 0. The number of hydrogen-bond donors (Lipinski definition) is 0. The molecule has 0 saturated carbocycles. The van der Waals surface area contributed by atoms with E-state index in [4.69, 9.17) is 0 Å². The topological polar surface area (TPSA) is 0 Å². The minimum Gasteiger partial charge on any atom is -0.102 e. The van der Waals surface area contributed by atoms with Crippen molar-refractivity contribution in [2.75, 3.05) is 0 Å². The van der Waals surface area contributed by atoms with Gasteiger partial charge in [0, 0.05) is 0 Å². The summed E-state index contributed by atoms with van der Waals surface area (Å²) in [6.07, 6.45) is 2.15. The van der Waals surface area contributed by atoms with Gasteiger partial charge in [0.1, 0.15) is 0 Å². The van der Waals surface area contributed by atoms with Gasteiger partial charge in [0.25, 0.3) is 0 Å². The lowest BCUT2D eigenvalue weighted by Gasteiger charge is -2.36. The van der Waals surface area contributed by atoms with Crippen molar-refractivity contribution < 1.29 is 0 Å². The molecule has 0 unspecified atom stereocenters. The van der Waals surface area contributed by atoms with Gasteiger partial charge in [-0.2, -0.15) is 0 Å². The van der Waals surface area contributed by atoms with Crippen LogP contribution in [0.5, 0.6) is 0 Å². The zero-order valence-corrected chi connectivity index (χ0v) is 20.8. The Labute approximate surface area is 199 Å². The van der Waals surface area contributed by atoms with Crippen LogP contribution in [0.2, 0.25) is 0 Å². The first-order chi connectivity index (χ1) is 15.8. The van der Waals surface area contributed by atoms with Gasteiger partial charge < -0.3 is 0 Å². The van der Waals surface area contributed by atoms with Crippen LogP contribution in [0.1, 0.15) is 50.1 Å². The molecule has 0 aliphatic rings. The van der Waals surface area contributed by atoms with E-state index < -0.39 is 5.41 Å². The molecule has 166 valence electrons. The number of rotatable bonds is 5. The first kappa shape index (κ1) is 22.8. The maximum Gasteiger partial charge on any atom is 0.0635 e. The van der Waals surface area contributed by atoms with Crippen molar-refractivity contribution in [1.29, 1.82) is 0 Å². The Morgan fingerprint density at radius 3 is 1.45 bits per heavy atom. The molecule has 33 heavy (non-hydrogen) atoms. The van der Waals surface area contributed by atoms with E-state index in [0.29, 0.717) is 0 Å². The summed E-state index contributed by atoms with van der Waals surface area (Å²) >= 11 is 0. The molecule has 4 aromatic rings. The predicted molar refractivity (Wildman–Crippen MR) is 143 cm³/mol. The molecule has 4 rings (SSSR count). The smallest absolute Gasteiger partial charge is 0.0635 e. The molecule has 0 saturated heterocycles. The average Bonchev–Trinajstić information content (AvgIpc) is 2.82. The normalized spacial score (nSPS) is 11.5. The highest BCUT2D eigenvalue weighted by Crippen LogP contribution is 2.46. The Bertz CT molecular complexity index is 1220. The van der Waals surface area contributed by atoms with Gasteiger partial charge in [-0.15, -0.1) is 6.58 Å². The van der Waals surface area contributed by atoms with E-state index >= 15 is 0 Å². The van der Waals surface area contributed by atoms with Crippen molar-refractivity contribution in [2.24, 2.45) is 0 Å². The molecule has 0 heteroatoms. The van der Waals surface area contributed by atoms with Crippen molar-refractivity contribution in [2.45, 2.75) is 47.0 Å². The van der Waals surface area contributed by atoms with Gasteiger partial charge in [-0.1, -0.05) is 84.9 Å². The second-order valence-electron chi connectivity index (χ2n) is 9.39. The molecule has 0 spiro atoms. The predicted octanol–water partition coefficient (Wildman–Crippen LogP) is 8.72. The maximum atomic E-state index is 4.46. The lowest BCUT2D eigenvalue weighted by atomic mass is 9.66. The third-order valence-electron chi connectivity index (χ3n) is 7.51. The highest BCUT2D eigenvalue weighted by Gasteiger charge is 2.36. The van der Waals surface area contributed by atoms with E-state index in [1.807, 2.05) is 0 Å². The SMILES string of the molecule is C=CC(c1cc(C)c(C)c(C)c1)(c1cc(C)c(C)c(C)c1)c1ccccc1-c1ccccc1. The molecule has 0 bridgehead atoms.